The Kier molecular flexibility index (Phi) is 7.97. The largest absolute Gasteiger partial charge is 0.497 e. The summed E-state index contributed by atoms with van der Waals surface area (Å²) >= 11 is 5.69. The van der Waals surface area contributed by atoms with Gasteiger partial charge in [0, 0.05) is 17.2 Å². The summed E-state index contributed by atoms with van der Waals surface area (Å²) in [6, 6.07) is 10.6. The number of ether oxygens (including phenoxy) is 2. The molecule has 37 heavy (non-hydrogen) atoms. The van der Waals surface area contributed by atoms with Gasteiger partial charge in [-0.3, -0.25) is 24.5 Å². The number of hydrogen-bond donors (Lipinski definition) is 0. The van der Waals surface area contributed by atoms with Gasteiger partial charge in [-0.05, 0) is 71.8 Å². The molecule has 0 heterocycles. The molecule has 3 aromatic carbocycles. The quantitative estimate of drug-likeness (QED) is 0.111. The fourth-order valence-corrected chi connectivity index (χ4v) is 3.80. The number of benzene rings is 3. The minimum absolute atomic E-state index is 0.0375. The second-order valence-electron chi connectivity index (χ2n) is 7.60. The molecule has 0 N–H and O–H groups in total. The molecule has 3 aromatic rings. The highest BCUT2D eigenvalue weighted by atomic mass is 35.5. The molecule has 0 aliphatic rings. The van der Waals surface area contributed by atoms with Crippen LogP contribution in [0.15, 0.2) is 60.7 Å². The van der Waals surface area contributed by atoms with Crippen molar-refractivity contribution in [2.24, 2.45) is 0 Å². The van der Waals surface area contributed by atoms with E-state index < -0.39 is 50.6 Å². The SMILES string of the molecule is COc1ccc(C(=O)C(C(=O)c2ccc(C(F)(F)F)cc2[N+](=O)[O-])c2cc(OC)ccc2C(=O)Cl)cc1. The van der Waals surface area contributed by atoms with Crippen LogP contribution in [0.2, 0.25) is 0 Å². The van der Waals surface area contributed by atoms with Crippen molar-refractivity contribution in [3.05, 3.63) is 98.6 Å². The first kappa shape index (κ1) is 27.3. The normalized spacial score (nSPS) is 11.9. The van der Waals surface area contributed by atoms with E-state index in [-0.39, 0.29) is 28.5 Å². The van der Waals surface area contributed by atoms with Crippen molar-refractivity contribution in [1.82, 2.24) is 0 Å². The molecule has 0 amide bonds. The minimum atomic E-state index is -4.92. The van der Waals surface area contributed by atoms with Gasteiger partial charge in [0.2, 0.25) is 0 Å². The minimum Gasteiger partial charge on any atom is -0.497 e. The molecular weight excluding hydrogens is 519 g/mol. The molecule has 0 aliphatic heterocycles. The van der Waals surface area contributed by atoms with Gasteiger partial charge in [0.1, 0.15) is 17.4 Å². The summed E-state index contributed by atoms with van der Waals surface area (Å²) in [6.07, 6.45) is -4.92. The number of carbonyl (C=O) groups is 3. The molecule has 192 valence electrons. The Morgan fingerprint density at radius 1 is 0.865 bits per heavy atom. The van der Waals surface area contributed by atoms with Crippen molar-refractivity contribution >= 4 is 34.1 Å². The van der Waals surface area contributed by atoms with Gasteiger partial charge in [0.25, 0.3) is 10.9 Å². The fourth-order valence-electron chi connectivity index (χ4n) is 3.63. The summed E-state index contributed by atoms with van der Waals surface area (Å²) < 4.78 is 49.7. The summed E-state index contributed by atoms with van der Waals surface area (Å²) in [4.78, 5) is 50.0. The Morgan fingerprint density at radius 2 is 1.43 bits per heavy atom. The molecule has 0 aliphatic carbocycles. The number of ketones is 2. The lowest BCUT2D eigenvalue weighted by molar-refractivity contribution is -0.385. The number of rotatable bonds is 9. The Morgan fingerprint density at radius 3 is 1.95 bits per heavy atom. The van der Waals surface area contributed by atoms with Crippen LogP contribution in [0.4, 0.5) is 18.9 Å². The van der Waals surface area contributed by atoms with Crippen LogP contribution in [-0.4, -0.2) is 36.0 Å². The van der Waals surface area contributed by atoms with Crippen LogP contribution in [-0.2, 0) is 6.18 Å². The van der Waals surface area contributed by atoms with E-state index in [1.165, 1.54) is 56.7 Å². The first-order chi connectivity index (χ1) is 17.4. The summed E-state index contributed by atoms with van der Waals surface area (Å²) in [5, 5.41) is 10.6. The van der Waals surface area contributed by atoms with Gasteiger partial charge in [0.15, 0.2) is 11.6 Å². The van der Waals surface area contributed by atoms with Gasteiger partial charge < -0.3 is 9.47 Å². The number of Topliss-reactive ketones (excluding diaryl/α,β-unsaturated/α-hetero) is 2. The van der Waals surface area contributed by atoms with Gasteiger partial charge in [-0.2, -0.15) is 13.2 Å². The number of nitrogens with zero attached hydrogens (tertiary/aromatic N) is 1. The Labute approximate surface area is 212 Å². The Hall–Kier alpha value is -4.25. The lowest BCUT2D eigenvalue weighted by atomic mass is 9.81. The lowest BCUT2D eigenvalue weighted by Crippen LogP contribution is -2.25. The maximum Gasteiger partial charge on any atom is 0.416 e. The van der Waals surface area contributed by atoms with Gasteiger partial charge in [-0.15, -0.1) is 0 Å². The summed E-state index contributed by atoms with van der Waals surface area (Å²) in [5.74, 6) is -3.49. The molecule has 0 fully saturated rings. The van der Waals surface area contributed by atoms with Crippen LogP contribution in [0.1, 0.15) is 48.1 Å². The van der Waals surface area contributed by atoms with Crippen LogP contribution < -0.4 is 9.47 Å². The molecule has 1 atom stereocenters. The van der Waals surface area contributed by atoms with Crippen molar-refractivity contribution in [3.8, 4) is 11.5 Å². The topological polar surface area (TPSA) is 113 Å². The van der Waals surface area contributed by atoms with Crippen molar-refractivity contribution < 1.29 is 42.0 Å². The first-order valence-corrected chi connectivity index (χ1v) is 10.7. The average Bonchev–Trinajstić information content (AvgIpc) is 2.87. The fraction of sp³-hybridized carbons (Fsp3) is 0.160. The van der Waals surface area contributed by atoms with E-state index >= 15 is 0 Å². The van der Waals surface area contributed by atoms with Crippen LogP contribution in [0.25, 0.3) is 0 Å². The molecule has 0 spiro atoms. The summed E-state index contributed by atoms with van der Waals surface area (Å²) in [6.45, 7) is 0. The molecule has 12 heteroatoms. The van der Waals surface area contributed by atoms with E-state index in [1.807, 2.05) is 0 Å². The van der Waals surface area contributed by atoms with Crippen LogP contribution in [0, 0.1) is 10.1 Å². The molecule has 0 saturated heterocycles. The maximum atomic E-state index is 13.7. The second-order valence-corrected chi connectivity index (χ2v) is 7.95. The van der Waals surface area contributed by atoms with Crippen molar-refractivity contribution in [3.63, 3.8) is 0 Å². The highest BCUT2D eigenvalue weighted by Gasteiger charge is 2.39. The maximum absolute atomic E-state index is 13.7. The number of alkyl halides is 3. The number of methoxy groups -OCH3 is 2. The zero-order chi connectivity index (χ0) is 27.5. The molecule has 0 radical (unpaired) electrons. The molecule has 3 rings (SSSR count). The predicted molar refractivity (Wildman–Crippen MR) is 126 cm³/mol. The van der Waals surface area contributed by atoms with E-state index in [4.69, 9.17) is 21.1 Å². The van der Waals surface area contributed by atoms with Crippen molar-refractivity contribution in [1.29, 1.82) is 0 Å². The summed E-state index contributed by atoms with van der Waals surface area (Å²) in [7, 11) is 2.67. The molecule has 8 nitrogen and oxygen atoms in total. The third-order valence-electron chi connectivity index (χ3n) is 5.47. The zero-order valence-corrected chi connectivity index (χ0v) is 19.9. The van der Waals surface area contributed by atoms with E-state index in [0.717, 1.165) is 0 Å². The third-order valence-corrected chi connectivity index (χ3v) is 5.67. The second kappa shape index (κ2) is 10.8. The predicted octanol–water partition coefficient (Wildman–Crippen LogP) is 5.86. The highest BCUT2D eigenvalue weighted by molar-refractivity contribution is 6.68. The summed E-state index contributed by atoms with van der Waals surface area (Å²) in [5.41, 5.74) is -3.82. The molecular formula is C25H17ClF3NO7. The van der Waals surface area contributed by atoms with Gasteiger partial charge in [-0.1, -0.05) is 0 Å². The van der Waals surface area contributed by atoms with Crippen molar-refractivity contribution in [2.75, 3.05) is 14.2 Å². The van der Waals surface area contributed by atoms with Crippen LogP contribution >= 0.6 is 11.6 Å². The van der Waals surface area contributed by atoms with E-state index in [0.29, 0.717) is 17.9 Å². The number of halogens is 4. The average molecular weight is 536 g/mol. The number of nitro benzene ring substituents is 1. The van der Waals surface area contributed by atoms with Gasteiger partial charge in [0.05, 0.1) is 30.3 Å². The van der Waals surface area contributed by atoms with E-state index in [1.54, 1.807) is 0 Å². The standard InChI is InChI=1S/C25H17ClF3NO7/c1-36-15-6-3-13(4-7-15)22(31)21(19-12-16(37-2)8-10-17(19)24(26)33)23(32)18-9-5-14(25(27,28)29)11-20(18)30(34)35/h3-12,21H,1-2H3. The number of hydrogen-bond acceptors (Lipinski definition) is 7. The lowest BCUT2D eigenvalue weighted by Gasteiger charge is -2.19. The van der Waals surface area contributed by atoms with Crippen LogP contribution in [0.5, 0.6) is 11.5 Å². The van der Waals surface area contributed by atoms with Crippen LogP contribution in [0.3, 0.4) is 0 Å². The van der Waals surface area contributed by atoms with E-state index in [9.17, 15) is 37.7 Å². The monoisotopic (exact) mass is 535 g/mol. The number of nitro groups is 1. The Bertz CT molecular complexity index is 1390. The first-order valence-electron chi connectivity index (χ1n) is 10.3. The molecule has 0 saturated carbocycles. The van der Waals surface area contributed by atoms with E-state index in [2.05, 4.69) is 0 Å². The third kappa shape index (κ3) is 5.78. The van der Waals surface area contributed by atoms with Gasteiger partial charge >= 0.3 is 6.18 Å². The molecule has 0 aromatic heterocycles. The highest BCUT2D eigenvalue weighted by Crippen LogP contribution is 2.37. The zero-order valence-electron chi connectivity index (χ0n) is 19.2. The number of carbonyl (C=O) groups excluding carboxylic acids is 3. The molecule has 0 bridgehead atoms. The van der Waals surface area contributed by atoms with Gasteiger partial charge in [-0.25, -0.2) is 0 Å². The molecule has 1 unspecified atom stereocenters. The Balaban J connectivity index is 2.29. The smallest absolute Gasteiger partial charge is 0.416 e. The van der Waals surface area contributed by atoms with Crippen molar-refractivity contribution in [2.45, 2.75) is 12.1 Å².